The number of aromatic nitrogens is 1. The molecule has 1 aromatic heterocycles. The lowest BCUT2D eigenvalue weighted by Gasteiger charge is -2.42. The number of hydrogen-bond donors (Lipinski definition) is 1. The molecule has 1 aliphatic carbocycles. The van der Waals surface area contributed by atoms with Crippen LogP contribution in [0.3, 0.4) is 0 Å². The van der Waals surface area contributed by atoms with E-state index < -0.39 is 0 Å². The molecule has 2 N–H and O–H groups in total. The molecule has 156 valence electrons. The Morgan fingerprint density at radius 3 is 2.20 bits per heavy atom. The molecule has 0 unspecified atom stereocenters. The van der Waals surface area contributed by atoms with Crippen molar-refractivity contribution in [1.82, 2.24) is 4.57 Å². The third-order valence-corrected chi connectivity index (χ3v) is 6.96. The van der Waals surface area contributed by atoms with Crippen molar-refractivity contribution in [3.05, 3.63) is 82.5 Å². The summed E-state index contributed by atoms with van der Waals surface area (Å²) < 4.78 is 2.22. The van der Waals surface area contributed by atoms with Crippen LogP contribution in [-0.2, 0) is 17.4 Å². The predicted molar refractivity (Wildman–Crippen MR) is 124 cm³/mol. The number of amides is 1. The van der Waals surface area contributed by atoms with E-state index in [9.17, 15) is 4.79 Å². The van der Waals surface area contributed by atoms with E-state index in [4.69, 9.17) is 5.73 Å². The van der Waals surface area contributed by atoms with Gasteiger partial charge in [-0.2, -0.15) is 0 Å². The highest BCUT2D eigenvalue weighted by Crippen LogP contribution is 2.47. The van der Waals surface area contributed by atoms with Gasteiger partial charge in [0.05, 0.1) is 5.56 Å². The normalized spacial score (nSPS) is 16.8. The minimum absolute atomic E-state index is 0.138. The molecule has 0 saturated heterocycles. The van der Waals surface area contributed by atoms with Gasteiger partial charge in [0.15, 0.2) is 0 Å². The van der Waals surface area contributed by atoms with E-state index in [-0.39, 0.29) is 16.7 Å². The molecule has 3 nitrogen and oxygen atoms in total. The van der Waals surface area contributed by atoms with Gasteiger partial charge in [0.1, 0.15) is 0 Å². The highest BCUT2D eigenvalue weighted by Gasteiger charge is 2.37. The zero-order valence-electron chi connectivity index (χ0n) is 18.8. The first-order valence-corrected chi connectivity index (χ1v) is 10.8. The summed E-state index contributed by atoms with van der Waals surface area (Å²) in [5, 5.41) is 0. The summed E-state index contributed by atoms with van der Waals surface area (Å²) in [5.41, 5.74) is 13.8. The van der Waals surface area contributed by atoms with Crippen LogP contribution in [0.2, 0.25) is 0 Å². The van der Waals surface area contributed by atoms with E-state index in [1.54, 1.807) is 0 Å². The fourth-order valence-corrected chi connectivity index (χ4v) is 4.85. The summed E-state index contributed by atoms with van der Waals surface area (Å²) >= 11 is 0. The fraction of sp³-hybridized carbons (Fsp3) is 0.370. The Bertz CT molecular complexity index is 1100. The molecule has 1 aliphatic rings. The molecule has 0 atom stereocenters. The van der Waals surface area contributed by atoms with Crippen LogP contribution in [0.15, 0.2) is 54.6 Å². The van der Waals surface area contributed by atoms with Gasteiger partial charge in [0.2, 0.25) is 0 Å². The highest BCUT2D eigenvalue weighted by atomic mass is 16.1. The van der Waals surface area contributed by atoms with Crippen LogP contribution in [0.1, 0.15) is 73.3 Å². The largest absolute Gasteiger partial charge is 0.366 e. The number of fused-ring (bicyclic) bond motifs is 1. The zero-order valence-corrected chi connectivity index (χ0v) is 18.8. The number of primary amides is 1. The van der Waals surface area contributed by atoms with Crippen molar-refractivity contribution in [1.29, 1.82) is 0 Å². The molecule has 1 amide bonds. The van der Waals surface area contributed by atoms with Crippen LogP contribution in [0.25, 0.3) is 11.3 Å². The Morgan fingerprint density at radius 2 is 1.57 bits per heavy atom. The molecular formula is C27H32N2O. The van der Waals surface area contributed by atoms with Gasteiger partial charge in [0.25, 0.3) is 5.91 Å². The number of rotatable bonds is 4. The minimum atomic E-state index is -0.375. The van der Waals surface area contributed by atoms with Crippen LogP contribution in [0, 0.1) is 6.92 Å². The number of benzene rings is 2. The van der Waals surface area contributed by atoms with E-state index in [1.807, 2.05) is 31.2 Å². The molecule has 1 heterocycles. The molecule has 0 bridgehead atoms. The summed E-state index contributed by atoms with van der Waals surface area (Å²) in [7, 11) is 0. The van der Waals surface area contributed by atoms with Crippen molar-refractivity contribution in [3.63, 3.8) is 0 Å². The van der Waals surface area contributed by atoms with Crippen LogP contribution in [0.5, 0.6) is 0 Å². The summed E-state index contributed by atoms with van der Waals surface area (Å²) in [6.07, 6.45) is 2.37. The molecule has 0 aliphatic heterocycles. The lowest BCUT2D eigenvalue weighted by molar-refractivity contribution is 0.0999. The minimum Gasteiger partial charge on any atom is -0.366 e. The van der Waals surface area contributed by atoms with Gasteiger partial charge in [-0.25, -0.2) is 0 Å². The molecule has 3 heteroatoms. The molecule has 0 radical (unpaired) electrons. The second kappa shape index (κ2) is 7.16. The van der Waals surface area contributed by atoms with Crippen molar-refractivity contribution in [2.45, 2.75) is 64.8 Å². The van der Waals surface area contributed by atoms with E-state index >= 15 is 0 Å². The van der Waals surface area contributed by atoms with Crippen molar-refractivity contribution in [2.24, 2.45) is 5.73 Å². The van der Waals surface area contributed by atoms with Crippen molar-refractivity contribution in [2.75, 3.05) is 0 Å². The van der Waals surface area contributed by atoms with Crippen LogP contribution < -0.4 is 5.73 Å². The standard InChI is InChI=1S/C27H32N2O/c1-18-21(25(28)30)16-24(29(18)17-19-9-7-6-8-10-19)20-11-12-22-23(15-20)27(4,5)14-13-26(22,2)3/h6-12,15-16H,13-14,17H2,1-5H3,(H2,28,30). The molecule has 30 heavy (non-hydrogen) atoms. The number of hydrogen-bond acceptors (Lipinski definition) is 1. The SMILES string of the molecule is Cc1c(C(N)=O)cc(-c2ccc3c(c2)C(C)(C)CCC3(C)C)n1Cc1ccccc1. The first-order chi connectivity index (χ1) is 14.1. The Labute approximate surface area is 179 Å². The number of carbonyl (C=O) groups excluding carboxylic acids is 1. The van der Waals surface area contributed by atoms with E-state index in [0.717, 1.165) is 17.0 Å². The summed E-state index contributed by atoms with van der Waals surface area (Å²) in [5.74, 6) is -0.375. The van der Waals surface area contributed by atoms with Gasteiger partial charge in [0, 0.05) is 17.9 Å². The third-order valence-electron chi connectivity index (χ3n) is 6.96. The molecule has 0 saturated carbocycles. The summed E-state index contributed by atoms with van der Waals surface area (Å²) in [6.45, 7) is 12.1. The van der Waals surface area contributed by atoms with Gasteiger partial charge >= 0.3 is 0 Å². The molecule has 2 aromatic carbocycles. The molecule has 0 fully saturated rings. The number of nitrogens with zero attached hydrogens (tertiary/aromatic N) is 1. The van der Waals surface area contributed by atoms with Crippen molar-refractivity contribution >= 4 is 5.91 Å². The summed E-state index contributed by atoms with van der Waals surface area (Å²) in [6, 6.07) is 19.2. The Balaban J connectivity index is 1.88. The lowest BCUT2D eigenvalue weighted by Crippen LogP contribution is -2.33. The number of carbonyl (C=O) groups is 1. The Kier molecular flexibility index (Phi) is 4.88. The quantitative estimate of drug-likeness (QED) is 0.577. The second-order valence-corrected chi connectivity index (χ2v) is 9.99. The van der Waals surface area contributed by atoms with Crippen LogP contribution in [-0.4, -0.2) is 10.5 Å². The maximum Gasteiger partial charge on any atom is 0.250 e. The monoisotopic (exact) mass is 400 g/mol. The second-order valence-electron chi connectivity index (χ2n) is 9.99. The Hall–Kier alpha value is -2.81. The zero-order chi connectivity index (χ0) is 21.7. The molecule has 0 spiro atoms. The average molecular weight is 401 g/mol. The molecular weight excluding hydrogens is 368 g/mol. The van der Waals surface area contributed by atoms with Gasteiger partial charge in [-0.1, -0.05) is 70.2 Å². The van der Waals surface area contributed by atoms with Gasteiger partial charge in [-0.15, -0.1) is 0 Å². The van der Waals surface area contributed by atoms with Crippen LogP contribution in [0.4, 0.5) is 0 Å². The highest BCUT2D eigenvalue weighted by molar-refractivity contribution is 5.95. The summed E-state index contributed by atoms with van der Waals surface area (Å²) in [4.78, 5) is 12.1. The van der Waals surface area contributed by atoms with Crippen molar-refractivity contribution in [3.8, 4) is 11.3 Å². The third kappa shape index (κ3) is 3.47. The molecule has 4 rings (SSSR count). The Morgan fingerprint density at radius 1 is 0.933 bits per heavy atom. The fourth-order valence-electron chi connectivity index (χ4n) is 4.85. The average Bonchev–Trinajstić information content (AvgIpc) is 3.03. The lowest BCUT2D eigenvalue weighted by atomic mass is 9.63. The van der Waals surface area contributed by atoms with E-state index in [1.165, 1.54) is 29.5 Å². The van der Waals surface area contributed by atoms with Crippen LogP contribution >= 0.6 is 0 Å². The maximum atomic E-state index is 12.1. The first kappa shape index (κ1) is 20.5. The van der Waals surface area contributed by atoms with Gasteiger partial charge in [-0.3, -0.25) is 4.79 Å². The number of nitrogens with two attached hydrogens (primary N) is 1. The predicted octanol–water partition coefficient (Wildman–Crippen LogP) is 5.96. The van der Waals surface area contributed by atoms with Gasteiger partial charge in [-0.05, 0) is 65.0 Å². The van der Waals surface area contributed by atoms with Gasteiger partial charge < -0.3 is 10.3 Å². The van der Waals surface area contributed by atoms with E-state index in [0.29, 0.717) is 12.1 Å². The van der Waals surface area contributed by atoms with Crippen molar-refractivity contribution < 1.29 is 4.79 Å². The maximum absolute atomic E-state index is 12.1. The molecule has 3 aromatic rings. The van der Waals surface area contributed by atoms with E-state index in [2.05, 4.69) is 62.6 Å². The first-order valence-electron chi connectivity index (χ1n) is 10.8. The topological polar surface area (TPSA) is 48.0 Å². The smallest absolute Gasteiger partial charge is 0.250 e.